The molecule has 3 aromatic carbocycles. The van der Waals surface area contributed by atoms with Crippen LogP contribution >= 0.6 is 7.26 Å². The molecular weight excluding hydrogens is 345 g/mol. The van der Waals surface area contributed by atoms with E-state index in [9.17, 15) is 0 Å². The van der Waals surface area contributed by atoms with Gasteiger partial charge in [-0.15, -0.1) is 0 Å². The summed E-state index contributed by atoms with van der Waals surface area (Å²) in [5.74, 6) is 0. The van der Waals surface area contributed by atoms with Gasteiger partial charge in [-0.25, -0.2) is 0 Å². The van der Waals surface area contributed by atoms with Gasteiger partial charge in [0.2, 0.25) is 0 Å². The second kappa shape index (κ2) is 7.58. The Morgan fingerprint density at radius 2 is 0.889 bits per heavy atom. The van der Waals surface area contributed by atoms with Gasteiger partial charge in [0.25, 0.3) is 0 Å². The summed E-state index contributed by atoms with van der Waals surface area (Å²) in [5, 5.41) is 4.24. The van der Waals surface area contributed by atoms with Gasteiger partial charge in [-0.3, -0.25) is 0 Å². The Morgan fingerprint density at radius 3 is 1.15 bits per heavy atom. The molecule has 3 aromatic rings. The topological polar surface area (TPSA) is 26.0 Å². The lowest BCUT2D eigenvalue weighted by Crippen LogP contribution is -2.49. The monoisotopic (exact) mass is 376 g/mol. The van der Waals surface area contributed by atoms with E-state index in [1.54, 1.807) is 0 Å². The minimum atomic E-state index is -1.93. The molecule has 0 aliphatic heterocycles. The Hall–Kier alpha value is -1.95. The first-order valence-corrected chi connectivity index (χ1v) is 11.4. The van der Waals surface area contributed by atoms with Crippen LogP contribution in [0.2, 0.25) is 0 Å². The number of nitrogens with two attached hydrogens (primary N) is 1. The Morgan fingerprint density at radius 1 is 0.593 bits per heavy atom. The minimum Gasteiger partial charge on any atom is -0.325 e. The summed E-state index contributed by atoms with van der Waals surface area (Å²) in [4.78, 5) is 0. The third-order valence-electron chi connectivity index (χ3n) is 5.23. The van der Waals surface area contributed by atoms with Crippen molar-refractivity contribution in [2.75, 3.05) is 0 Å². The quantitative estimate of drug-likeness (QED) is 0.609. The summed E-state index contributed by atoms with van der Waals surface area (Å²) < 4.78 is 0. The van der Waals surface area contributed by atoms with Crippen molar-refractivity contribution in [3.63, 3.8) is 0 Å². The summed E-state index contributed by atoms with van der Waals surface area (Å²) in [7, 11) is -1.93. The molecule has 27 heavy (non-hydrogen) atoms. The van der Waals surface area contributed by atoms with Crippen LogP contribution in [0.4, 0.5) is 0 Å². The fourth-order valence-electron chi connectivity index (χ4n) is 4.68. The first kappa shape index (κ1) is 19.8. The highest BCUT2D eigenvalue weighted by Crippen LogP contribution is 2.67. The Labute approximate surface area is 165 Å². The highest BCUT2D eigenvalue weighted by molar-refractivity contribution is 7.96. The number of hydrogen-bond acceptors (Lipinski definition) is 1. The van der Waals surface area contributed by atoms with Crippen LogP contribution in [-0.4, -0.2) is 10.7 Å². The summed E-state index contributed by atoms with van der Waals surface area (Å²) >= 11 is 0. The van der Waals surface area contributed by atoms with Crippen molar-refractivity contribution in [2.24, 2.45) is 5.73 Å². The maximum Gasteiger partial charge on any atom is 0.117 e. The molecule has 0 atom stereocenters. The highest BCUT2D eigenvalue weighted by Gasteiger charge is 2.58. The fourth-order valence-corrected chi connectivity index (χ4v) is 10.2. The smallest absolute Gasteiger partial charge is 0.117 e. The maximum absolute atomic E-state index is 6.57. The molecule has 1 nitrogen and oxygen atoms in total. The lowest BCUT2D eigenvalue weighted by Gasteiger charge is -2.43. The van der Waals surface area contributed by atoms with Gasteiger partial charge < -0.3 is 5.73 Å². The largest absolute Gasteiger partial charge is 0.325 e. The predicted molar refractivity (Wildman–Crippen MR) is 122 cm³/mol. The number of benzene rings is 3. The van der Waals surface area contributed by atoms with Gasteiger partial charge in [-0.2, -0.15) is 0 Å². The summed E-state index contributed by atoms with van der Waals surface area (Å²) in [6, 6.07) is 33.1. The second-order valence-corrected chi connectivity index (χ2v) is 12.8. The van der Waals surface area contributed by atoms with E-state index in [-0.39, 0.29) is 10.7 Å². The van der Waals surface area contributed by atoms with E-state index in [0.717, 1.165) is 6.42 Å². The number of hydrogen-bond donors (Lipinski definition) is 1. The molecule has 0 spiro atoms. The van der Waals surface area contributed by atoms with E-state index in [2.05, 4.69) is 119 Å². The molecule has 0 aliphatic rings. The number of rotatable bonds is 6. The van der Waals surface area contributed by atoms with Crippen molar-refractivity contribution in [3.05, 3.63) is 91.0 Å². The average Bonchev–Trinajstić information content (AvgIpc) is 2.63. The van der Waals surface area contributed by atoms with E-state index in [1.165, 1.54) is 15.9 Å². The van der Waals surface area contributed by atoms with Gasteiger partial charge in [0.1, 0.15) is 23.2 Å². The maximum atomic E-state index is 6.57. The first-order chi connectivity index (χ1) is 12.8. The van der Waals surface area contributed by atoms with Gasteiger partial charge >= 0.3 is 0 Å². The molecule has 3 rings (SSSR count). The van der Waals surface area contributed by atoms with Crippen molar-refractivity contribution in [1.82, 2.24) is 0 Å². The molecule has 0 unspecified atom stereocenters. The first-order valence-electron chi connectivity index (χ1n) is 9.62. The van der Waals surface area contributed by atoms with Crippen molar-refractivity contribution >= 4 is 23.2 Å². The Balaban J connectivity index is 2.40. The van der Waals surface area contributed by atoms with Crippen LogP contribution in [0.15, 0.2) is 91.0 Å². The molecule has 0 aliphatic carbocycles. The Bertz CT molecular complexity index is 752. The summed E-state index contributed by atoms with van der Waals surface area (Å²) in [6.45, 7) is 9.10. The zero-order valence-corrected chi connectivity index (χ0v) is 17.8. The zero-order valence-electron chi connectivity index (χ0n) is 16.9. The average molecular weight is 377 g/mol. The van der Waals surface area contributed by atoms with Gasteiger partial charge in [-0.05, 0) is 64.1 Å². The van der Waals surface area contributed by atoms with Crippen molar-refractivity contribution in [2.45, 2.75) is 44.8 Å². The second-order valence-electron chi connectivity index (χ2n) is 8.66. The van der Waals surface area contributed by atoms with Crippen LogP contribution < -0.4 is 21.6 Å². The lowest BCUT2D eigenvalue weighted by atomic mass is 9.93. The summed E-state index contributed by atoms with van der Waals surface area (Å²) in [6.07, 6.45) is 0.937. The third kappa shape index (κ3) is 3.86. The van der Waals surface area contributed by atoms with E-state index >= 15 is 0 Å². The van der Waals surface area contributed by atoms with Crippen molar-refractivity contribution in [3.8, 4) is 0 Å². The van der Waals surface area contributed by atoms with Crippen LogP contribution in [0, 0.1) is 0 Å². The van der Waals surface area contributed by atoms with Crippen LogP contribution in [0.1, 0.15) is 34.1 Å². The molecule has 140 valence electrons. The molecular formula is C25H31NP+. The van der Waals surface area contributed by atoms with E-state index in [4.69, 9.17) is 5.73 Å². The van der Waals surface area contributed by atoms with Gasteiger partial charge in [0.15, 0.2) is 0 Å². The molecule has 0 amide bonds. The third-order valence-corrected chi connectivity index (χ3v) is 10.4. The zero-order chi connectivity index (χ0) is 19.5. The summed E-state index contributed by atoms with van der Waals surface area (Å²) in [5.41, 5.74) is 6.33. The highest BCUT2D eigenvalue weighted by atomic mass is 31.2. The van der Waals surface area contributed by atoms with E-state index < -0.39 is 7.26 Å². The normalized spacial score (nSPS) is 12.8. The molecule has 0 fully saturated rings. The van der Waals surface area contributed by atoms with Crippen LogP contribution in [0.5, 0.6) is 0 Å². The Kier molecular flexibility index (Phi) is 5.56. The van der Waals surface area contributed by atoms with Crippen LogP contribution in [0.25, 0.3) is 0 Å². The van der Waals surface area contributed by atoms with E-state index in [0.29, 0.717) is 0 Å². The fraction of sp³-hybridized carbons (Fsp3) is 0.280. The van der Waals surface area contributed by atoms with Gasteiger partial charge in [0, 0.05) is 12.0 Å². The molecule has 0 saturated heterocycles. The van der Waals surface area contributed by atoms with Crippen LogP contribution in [-0.2, 0) is 0 Å². The SMILES string of the molecule is CC(C)(N)CC(C)(C)[P+](c1ccccc1)(c1ccccc1)c1ccccc1. The molecule has 2 heteroatoms. The molecule has 0 radical (unpaired) electrons. The molecule has 0 aromatic heterocycles. The lowest BCUT2D eigenvalue weighted by molar-refractivity contribution is 0.420. The molecule has 0 bridgehead atoms. The predicted octanol–water partition coefficient (Wildman–Crippen LogP) is 4.89. The minimum absolute atomic E-state index is 0.00465. The van der Waals surface area contributed by atoms with Gasteiger partial charge in [0.05, 0.1) is 5.16 Å². The van der Waals surface area contributed by atoms with E-state index in [1.807, 2.05) is 0 Å². The molecule has 0 saturated carbocycles. The van der Waals surface area contributed by atoms with Crippen molar-refractivity contribution in [1.29, 1.82) is 0 Å². The van der Waals surface area contributed by atoms with Gasteiger partial charge in [-0.1, -0.05) is 54.6 Å². The molecule has 2 N–H and O–H groups in total. The standard InChI is InChI=1S/C25H31NP/c1-24(2,26)20-25(3,4)27(21-14-8-5-9-15-21,22-16-10-6-11-17-22)23-18-12-7-13-19-23/h5-19H,20,26H2,1-4H3/q+1. The molecule has 0 heterocycles. The van der Waals surface area contributed by atoms with Crippen molar-refractivity contribution < 1.29 is 0 Å². The van der Waals surface area contributed by atoms with Crippen LogP contribution in [0.3, 0.4) is 0 Å².